The van der Waals surface area contributed by atoms with Gasteiger partial charge < -0.3 is 19.8 Å². The lowest BCUT2D eigenvalue weighted by atomic mass is 9.83. The summed E-state index contributed by atoms with van der Waals surface area (Å²) >= 11 is 3.50. The number of carbonyl (C=O) groups excluding carboxylic acids is 3. The second-order valence-electron chi connectivity index (χ2n) is 12.1. The van der Waals surface area contributed by atoms with Crippen LogP contribution in [0.4, 0.5) is 11.4 Å². The van der Waals surface area contributed by atoms with E-state index in [4.69, 9.17) is 4.74 Å². The zero-order chi connectivity index (χ0) is 34.0. The summed E-state index contributed by atoms with van der Waals surface area (Å²) in [7, 11) is 0. The molecule has 2 unspecified atom stereocenters. The Bertz CT molecular complexity index is 1850. The molecule has 11 nitrogen and oxygen atoms in total. The number of aliphatic hydroxyl groups is 2. The largest absolute Gasteiger partial charge is 0.441 e. The highest BCUT2D eigenvalue weighted by Gasteiger charge is 2.52. The quantitative estimate of drug-likeness (QED) is 0.121. The number of hydrogen-bond acceptors (Lipinski definition) is 8. The van der Waals surface area contributed by atoms with Crippen LogP contribution >= 0.6 is 15.9 Å². The molecule has 48 heavy (non-hydrogen) atoms. The predicted octanol–water partition coefficient (Wildman–Crippen LogP) is 4.81. The number of hydrogen-bond donors (Lipinski definition) is 2. The number of aliphatic hydroxyl groups excluding tert-OH is 1. The van der Waals surface area contributed by atoms with Gasteiger partial charge in [0.2, 0.25) is 5.91 Å². The highest BCUT2D eigenvalue weighted by molar-refractivity contribution is 9.10. The van der Waals surface area contributed by atoms with Crippen LogP contribution in [0.5, 0.6) is 0 Å². The Balaban J connectivity index is 1.13. The number of anilines is 2. The maximum absolute atomic E-state index is 14.0. The number of aromatic nitrogens is 3. The first-order valence-corrected chi connectivity index (χ1v) is 16.5. The lowest BCUT2D eigenvalue weighted by molar-refractivity contribution is -0.153. The fourth-order valence-electron chi connectivity index (χ4n) is 6.29. The molecule has 4 atom stereocenters. The van der Waals surface area contributed by atoms with E-state index >= 15 is 0 Å². The number of esters is 1. The van der Waals surface area contributed by atoms with Crippen LogP contribution in [0.3, 0.4) is 0 Å². The highest BCUT2D eigenvalue weighted by atomic mass is 79.9. The van der Waals surface area contributed by atoms with Gasteiger partial charge in [-0.25, -0.2) is 0 Å². The zero-order valence-corrected chi connectivity index (χ0v) is 28.2. The fourth-order valence-corrected chi connectivity index (χ4v) is 6.65. The number of nitrogens with zero attached hydrogens (tertiary/aromatic N) is 5. The summed E-state index contributed by atoms with van der Waals surface area (Å²) in [5.41, 5.74) is 2.39. The molecule has 12 heteroatoms. The molecule has 1 fully saturated rings. The number of fused-ring (bicyclic) bond motifs is 1. The molecule has 0 aliphatic carbocycles. The fraction of sp³-hybridized carbons (Fsp3) is 0.306. The first kappa shape index (κ1) is 33.3. The van der Waals surface area contributed by atoms with Gasteiger partial charge in [0, 0.05) is 41.3 Å². The molecule has 2 N–H and O–H groups in total. The van der Waals surface area contributed by atoms with Crippen LogP contribution < -0.4 is 9.80 Å². The third-order valence-electron chi connectivity index (χ3n) is 8.90. The molecule has 2 aliphatic heterocycles. The van der Waals surface area contributed by atoms with Crippen molar-refractivity contribution in [2.75, 3.05) is 16.4 Å². The first-order valence-electron chi connectivity index (χ1n) is 15.7. The average molecular weight is 715 g/mol. The minimum absolute atomic E-state index is 0.0790. The van der Waals surface area contributed by atoms with Gasteiger partial charge in [-0.15, -0.1) is 5.10 Å². The molecule has 3 heterocycles. The number of ether oxygens (including phenoxy) is 1. The predicted molar refractivity (Wildman–Crippen MR) is 182 cm³/mol. The third kappa shape index (κ3) is 6.43. The molecule has 0 bridgehead atoms. The summed E-state index contributed by atoms with van der Waals surface area (Å²) in [5.74, 6) is -1.84. The topological polar surface area (TPSA) is 138 Å². The van der Waals surface area contributed by atoms with Gasteiger partial charge in [-0.2, -0.15) is 0 Å². The van der Waals surface area contributed by atoms with Crippen LogP contribution in [0.1, 0.15) is 55.0 Å². The molecular formula is C36H36BrN5O6. The smallest absolute Gasteiger partial charge is 0.304 e. The van der Waals surface area contributed by atoms with Gasteiger partial charge in [0.05, 0.1) is 36.9 Å². The summed E-state index contributed by atoms with van der Waals surface area (Å²) in [6.45, 7) is 3.79. The lowest BCUT2D eigenvalue weighted by Gasteiger charge is -2.39. The number of allylic oxidation sites excluding steroid dienone is 1. The zero-order valence-electron chi connectivity index (χ0n) is 26.6. The summed E-state index contributed by atoms with van der Waals surface area (Å²) in [6.07, 6.45) is 5.72. The van der Waals surface area contributed by atoms with Gasteiger partial charge in [0.25, 0.3) is 5.91 Å². The van der Waals surface area contributed by atoms with E-state index in [2.05, 4.69) is 26.2 Å². The molecule has 0 radical (unpaired) electrons. The SMILES string of the molecule is CC(=O)OC1CC(=O)N1c1ccc(CN2C(=O)[C@](O)([C@H](C)/C=C/CCn3cc(C(CO)c4ccccc4)nn3)c3cc(Br)ccc32)cc1. The number of amides is 2. The van der Waals surface area contributed by atoms with Crippen LogP contribution in [0.25, 0.3) is 0 Å². The molecule has 0 saturated carbocycles. The van der Waals surface area contributed by atoms with Gasteiger partial charge in [-0.05, 0) is 47.9 Å². The van der Waals surface area contributed by atoms with Crippen molar-refractivity contribution < 1.29 is 29.3 Å². The van der Waals surface area contributed by atoms with Crippen molar-refractivity contribution in [3.05, 3.63) is 118 Å². The molecule has 3 aromatic carbocycles. The Morgan fingerprint density at radius 3 is 2.56 bits per heavy atom. The molecule has 1 saturated heterocycles. The van der Waals surface area contributed by atoms with E-state index in [1.807, 2.05) is 79.9 Å². The van der Waals surface area contributed by atoms with Crippen LogP contribution in [-0.4, -0.2) is 55.8 Å². The van der Waals surface area contributed by atoms with Gasteiger partial charge in [-0.3, -0.25) is 24.0 Å². The highest BCUT2D eigenvalue weighted by Crippen LogP contribution is 2.47. The van der Waals surface area contributed by atoms with Crippen LogP contribution in [-0.2, 0) is 37.8 Å². The van der Waals surface area contributed by atoms with E-state index in [-0.39, 0.29) is 31.4 Å². The molecule has 248 valence electrons. The Morgan fingerprint density at radius 2 is 1.88 bits per heavy atom. The standard InChI is InChI=1S/C36H36BrN5O6/c1-23(8-6-7-17-40-21-31(38-39-40)29(22-43)26-9-4-3-5-10-26)36(47)30-18-27(37)13-16-32(30)41(35(36)46)20-25-11-14-28(15-12-25)42-33(45)19-34(42)48-24(2)44/h3-6,8-16,18,21,23,29,34,43,47H,7,17,19-20,22H2,1-2H3/b8-6+/t23-,29?,34?,36+/m1/s1. The molecule has 4 aromatic rings. The molecule has 1 aromatic heterocycles. The third-order valence-corrected chi connectivity index (χ3v) is 9.39. The van der Waals surface area contributed by atoms with Crippen LogP contribution in [0, 0.1) is 5.92 Å². The summed E-state index contributed by atoms with van der Waals surface area (Å²) in [6, 6.07) is 22.3. The number of rotatable bonds is 12. The van der Waals surface area contributed by atoms with Gasteiger partial charge >= 0.3 is 5.97 Å². The maximum Gasteiger partial charge on any atom is 0.304 e. The minimum Gasteiger partial charge on any atom is -0.441 e. The van der Waals surface area contributed by atoms with Crippen molar-refractivity contribution in [3.8, 4) is 0 Å². The van der Waals surface area contributed by atoms with E-state index in [9.17, 15) is 24.6 Å². The van der Waals surface area contributed by atoms with E-state index in [0.29, 0.717) is 35.6 Å². The van der Waals surface area contributed by atoms with Crippen molar-refractivity contribution in [2.45, 2.75) is 57.5 Å². The Kier molecular flexibility index (Phi) is 9.58. The summed E-state index contributed by atoms with van der Waals surface area (Å²) < 4.78 is 7.68. The second kappa shape index (κ2) is 13.8. The number of β-lactam (4-membered cyclic amide) rings is 1. The number of halogens is 1. The van der Waals surface area contributed by atoms with Crippen molar-refractivity contribution in [1.29, 1.82) is 0 Å². The van der Waals surface area contributed by atoms with Crippen molar-refractivity contribution in [2.24, 2.45) is 5.92 Å². The molecule has 0 spiro atoms. The second-order valence-corrected chi connectivity index (χ2v) is 13.0. The summed E-state index contributed by atoms with van der Waals surface area (Å²) in [5, 5.41) is 30.5. The summed E-state index contributed by atoms with van der Waals surface area (Å²) in [4.78, 5) is 40.6. The Hall–Kier alpha value is -4.65. The van der Waals surface area contributed by atoms with Crippen LogP contribution in [0.15, 0.2) is 95.6 Å². The van der Waals surface area contributed by atoms with Gasteiger partial charge in [-0.1, -0.05) is 82.7 Å². The number of carbonyl (C=O) groups is 3. The first-order chi connectivity index (χ1) is 23.1. The van der Waals surface area contributed by atoms with Crippen molar-refractivity contribution in [3.63, 3.8) is 0 Å². The average Bonchev–Trinajstić information content (AvgIpc) is 3.61. The van der Waals surface area contributed by atoms with E-state index in [0.717, 1.165) is 15.6 Å². The van der Waals surface area contributed by atoms with Crippen LogP contribution in [0.2, 0.25) is 0 Å². The number of benzene rings is 3. The molecular weight excluding hydrogens is 678 g/mol. The molecule has 2 aliphatic rings. The Morgan fingerprint density at radius 1 is 1.12 bits per heavy atom. The van der Waals surface area contributed by atoms with Gasteiger partial charge in [0.15, 0.2) is 11.8 Å². The Labute approximate surface area is 286 Å². The maximum atomic E-state index is 14.0. The van der Waals surface area contributed by atoms with Crippen molar-refractivity contribution >= 4 is 45.1 Å². The normalized spacial score (nSPS) is 20.1. The minimum atomic E-state index is -1.79. The monoisotopic (exact) mass is 713 g/mol. The molecule has 2 amide bonds. The van der Waals surface area contributed by atoms with E-state index in [1.165, 1.54) is 11.8 Å². The van der Waals surface area contributed by atoms with E-state index in [1.54, 1.807) is 27.8 Å². The number of aryl methyl sites for hydroxylation is 1. The lowest BCUT2D eigenvalue weighted by Crippen LogP contribution is -2.54. The van der Waals surface area contributed by atoms with Crippen molar-refractivity contribution in [1.82, 2.24) is 15.0 Å². The van der Waals surface area contributed by atoms with Gasteiger partial charge in [0.1, 0.15) is 0 Å². The molecule has 6 rings (SSSR count). The van der Waals surface area contributed by atoms with E-state index < -0.39 is 29.6 Å².